The number of unbranched alkanes of at least 4 members (excludes halogenated alkanes) is 1. The third-order valence-electron chi connectivity index (χ3n) is 1.84. The summed E-state index contributed by atoms with van der Waals surface area (Å²) in [4.78, 5) is 0. The van der Waals surface area contributed by atoms with Crippen molar-refractivity contribution < 1.29 is 5.11 Å². The Morgan fingerprint density at radius 1 is 1.14 bits per heavy atom. The van der Waals surface area contributed by atoms with Crippen molar-refractivity contribution in [3.8, 4) is 0 Å². The molecule has 0 spiro atoms. The van der Waals surface area contributed by atoms with Crippen molar-refractivity contribution in [3.05, 3.63) is 33.8 Å². The average Bonchev–Trinajstić information content (AvgIpc) is 2.20. The number of halogens is 2. The van der Waals surface area contributed by atoms with Crippen LogP contribution in [0.5, 0.6) is 0 Å². The molecule has 1 aromatic rings. The van der Waals surface area contributed by atoms with Crippen LogP contribution in [0.25, 0.3) is 0 Å². The number of aliphatic hydroxyl groups excluding tert-OH is 1. The first kappa shape index (κ1) is 13.8. The van der Waals surface area contributed by atoms with Gasteiger partial charge in [0.1, 0.15) is 0 Å². The second kappa shape index (κ2) is 8.10. The number of aliphatic hydroxyl groups is 1. The van der Waals surface area contributed by atoms with Crippen molar-refractivity contribution in [1.82, 2.24) is 0 Å². The van der Waals surface area contributed by atoms with E-state index in [1.54, 1.807) is 0 Å². The monoisotopic (exact) mass is 234 g/mol. The van der Waals surface area contributed by atoms with Gasteiger partial charge in [-0.25, -0.2) is 0 Å². The zero-order chi connectivity index (χ0) is 11.0. The topological polar surface area (TPSA) is 20.2 Å². The van der Waals surface area contributed by atoms with Gasteiger partial charge in [0.15, 0.2) is 0 Å². The molecule has 1 rings (SSSR count). The van der Waals surface area contributed by atoms with Crippen molar-refractivity contribution >= 4 is 23.2 Å². The SMILES string of the molecule is CCCCc1c(Cl)cccc1Cl.CO. The molecule has 0 bridgehead atoms. The number of hydrogen-bond donors (Lipinski definition) is 1. The molecule has 0 saturated heterocycles. The normalized spacial score (nSPS) is 9.21. The Bertz CT molecular complexity index is 241. The van der Waals surface area contributed by atoms with E-state index in [-0.39, 0.29) is 0 Å². The van der Waals surface area contributed by atoms with Crippen LogP contribution in [0.1, 0.15) is 25.3 Å². The van der Waals surface area contributed by atoms with E-state index in [9.17, 15) is 0 Å². The van der Waals surface area contributed by atoms with Crippen LogP contribution in [0, 0.1) is 0 Å². The van der Waals surface area contributed by atoms with Crippen LogP contribution in [0.4, 0.5) is 0 Å². The summed E-state index contributed by atoms with van der Waals surface area (Å²) in [5.74, 6) is 0. The highest BCUT2D eigenvalue weighted by Gasteiger charge is 2.03. The van der Waals surface area contributed by atoms with E-state index >= 15 is 0 Å². The second-order valence-electron chi connectivity index (χ2n) is 2.80. The van der Waals surface area contributed by atoms with E-state index in [0.717, 1.165) is 35.6 Å². The number of benzene rings is 1. The van der Waals surface area contributed by atoms with Gasteiger partial charge in [0.25, 0.3) is 0 Å². The third kappa shape index (κ3) is 4.32. The average molecular weight is 235 g/mol. The molecular formula is C11H16Cl2O. The molecule has 0 aromatic heterocycles. The van der Waals surface area contributed by atoms with Gasteiger partial charge < -0.3 is 5.11 Å². The second-order valence-corrected chi connectivity index (χ2v) is 3.62. The van der Waals surface area contributed by atoms with Crippen LogP contribution >= 0.6 is 23.2 Å². The molecule has 0 aliphatic rings. The first-order valence-corrected chi connectivity index (χ1v) is 5.39. The molecule has 1 nitrogen and oxygen atoms in total. The van der Waals surface area contributed by atoms with Crippen LogP contribution in [0.15, 0.2) is 18.2 Å². The van der Waals surface area contributed by atoms with Crippen molar-refractivity contribution in [2.75, 3.05) is 7.11 Å². The molecule has 1 N–H and O–H groups in total. The van der Waals surface area contributed by atoms with Crippen molar-refractivity contribution in [2.24, 2.45) is 0 Å². The number of rotatable bonds is 3. The third-order valence-corrected chi connectivity index (χ3v) is 2.55. The Morgan fingerprint density at radius 2 is 1.64 bits per heavy atom. The minimum atomic E-state index is 0.788. The van der Waals surface area contributed by atoms with E-state index in [2.05, 4.69) is 6.92 Å². The van der Waals surface area contributed by atoms with Gasteiger partial charge in [0, 0.05) is 17.2 Å². The van der Waals surface area contributed by atoms with E-state index in [0.29, 0.717) is 0 Å². The molecule has 0 heterocycles. The highest BCUT2D eigenvalue weighted by atomic mass is 35.5. The maximum Gasteiger partial charge on any atom is 0.0452 e. The van der Waals surface area contributed by atoms with E-state index in [1.807, 2.05) is 18.2 Å². The molecular weight excluding hydrogens is 219 g/mol. The van der Waals surface area contributed by atoms with Gasteiger partial charge in [0.05, 0.1) is 0 Å². The Balaban J connectivity index is 0.000000791. The molecule has 14 heavy (non-hydrogen) atoms. The summed E-state index contributed by atoms with van der Waals surface area (Å²) in [7, 11) is 1.00. The lowest BCUT2D eigenvalue weighted by Crippen LogP contribution is -1.87. The van der Waals surface area contributed by atoms with Crippen molar-refractivity contribution in [1.29, 1.82) is 0 Å². The maximum absolute atomic E-state index is 7.00. The summed E-state index contributed by atoms with van der Waals surface area (Å²) in [6.45, 7) is 2.16. The fourth-order valence-electron chi connectivity index (χ4n) is 1.12. The molecule has 0 aliphatic heterocycles. The summed E-state index contributed by atoms with van der Waals surface area (Å²) in [5.41, 5.74) is 1.09. The molecule has 0 atom stereocenters. The largest absolute Gasteiger partial charge is 0.400 e. The molecule has 0 unspecified atom stereocenters. The fraction of sp³-hybridized carbons (Fsp3) is 0.455. The summed E-state index contributed by atoms with van der Waals surface area (Å²) in [6.07, 6.45) is 3.29. The lowest BCUT2D eigenvalue weighted by atomic mass is 10.1. The van der Waals surface area contributed by atoms with Gasteiger partial charge in [-0.05, 0) is 30.5 Å². The zero-order valence-electron chi connectivity index (χ0n) is 8.56. The van der Waals surface area contributed by atoms with Gasteiger partial charge in [-0.1, -0.05) is 42.6 Å². The molecule has 0 radical (unpaired) electrons. The van der Waals surface area contributed by atoms with Gasteiger partial charge >= 0.3 is 0 Å². The molecule has 1 aromatic carbocycles. The van der Waals surface area contributed by atoms with Gasteiger partial charge in [-0.2, -0.15) is 0 Å². The fourth-order valence-corrected chi connectivity index (χ4v) is 1.71. The quantitative estimate of drug-likeness (QED) is 0.841. The minimum absolute atomic E-state index is 0.788. The van der Waals surface area contributed by atoms with Crippen LogP contribution in [-0.4, -0.2) is 12.2 Å². The van der Waals surface area contributed by atoms with Crippen molar-refractivity contribution in [2.45, 2.75) is 26.2 Å². The standard InChI is InChI=1S/C10H12Cl2.CH4O/c1-2-3-5-8-9(11)6-4-7-10(8)12;1-2/h4,6-7H,2-3,5H2,1H3;2H,1H3. The van der Waals surface area contributed by atoms with Crippen LogP contribution in [-0.2, 0) is 6.42 Å². The maximum atomic E-state index is 7.00. The Labute approximate surface area is 95.7 Å². The Kier molecular flexibility index (Phi) is 7.96. The highest BCUT2D eigenvalue weighted by Crippen LogP contribution is 2.25. The van der Waals surface area contributed by atoms with E-state index in [4.69, 9.17) is 28.3 Å². The molecule has 0 amide bonds. The molecule has 80 valence electrons. The minimum Gasteiger partial charge on any atom is -0.400 e. The molecule has 0 saturated carbocycles. The van der Waals surface area contributed by atoms with Crippen LogP contribution in [0.3, 0.4) is 0 Å². The smallest absolute Gasteiger partial charge is 0.0452 e. The Morgan fingerprint density at radius 3 is 2.07 bits per heavy atom. The summed E-state index contributed by atoms with van der Waals surface area (Å²) in [6, 6.07) is 5.65. The van der Waals surface area contributed by atoms with E-state index < -0.39 is 0 Å². The van der Waals surface area contributed by atoms with Crippen molar-refractivity contribution in [3.63, 3.8) is 0 Å². The lowest BCUT2D eigenvalue weighted by Gasteiger charge is -2.04. The molecule has 0 fully saturated rings. The van der Waals surface area contributed by atoms with Crippen LogP contribution in [0.2, 0.25) is 10.0 Å². The lowest BCUT2D eigenvalue weighted by molar-refractivity contribution is 0.399. The molecule has 3 heteroatoms. The molecule has 0 aliphatic carbocycles. The predicted molar refractivity (Wildman–Crippen MR) is 63.2 cm³/mol. The first-order chi connectivity index (χ1) is 6.75. The van der Waals surface area contributed by atoms with Gasteiger partial charge in [-0.3, -0.25) is 0 Å². The number of hydrogen-bond acceptors (Lipinski definition) is 1. The van der Waals surface area contributed by atoms with Gasteiger partial charge in [0.2, 0.25) is 0 Å². The van der Waals surface area contributed by atoms with Crippen LogP contribution < -0.4 is 0 Å². The Hall–Kier alpha value is -0.240. The highest BCUT2D eigenvalue weighted by molar-refractivity contribution is 6.35. The first-order valence-electron chi connectivity index (χ1n) is 4.63. The van der Waals surface area contributed by atoms with E-state index in [1.165, 1.54) is 6.42 Å². The summed E-state index contributed by atoms with van der Waals surface area (Å²) >= 11 is 12.0. The summed E-state index contributed by atoms with van der Waals surface area (Å²) < 4.78 is 0. The zero-order valence-corrected chi connectivity index (χ0v) is 10.1. The predicted octanol–water partition coefficient (Wildman–Crippen LogP) is 3.94. The van der Waals surface area contributed by atoms with Gasteiger partial charge in [-0.15, -0.1) is 0 Å². The summed E-state index contributed by atoms with van der Waals surface area (Å²) in [5, 5.41) is 8.58.